The topological polar surface area (TPSA) is 20.2 Å². The van der Waals surface area contributed by atoms with E-state index in [1.165, 1.54) is 6.07 Å². The van der Waals surface area contributed by atoms with Gasteiger partial charge in [-0.15, -0.1) is 0 Å². The second kappa shape index (κ2) is 3.49. The molecule has 1 aromatic rings. The molecule has 59 valence electrons. The summed E-state index contributed by atoms with van der Waals surface area (Å²) in [6.45, 7) is 2.78. The maximum atomic E-state index is 12.9. The molecule has 0 saturated carbocycles. The van der Waals surface area contributed by atoms with E-state index in [4.69, 9.17) is 5.11 Å². The van der Waals surface area contributed by atoms with Crippen LogP contribution >= 0.6 is 0 Å². The molecule has 1 aromatic carbocycles. The van der Waals surface area contributed by atoms with E-state index in [0.29, 0.717) is 17.5 Å². The first kappa shape index (κ1) is 8.21. The minimum atomic E-state index is -0.254. The van der Waals surface area contributed by atoms with Crippen molar-refractivity contribution < 1.29 is 9.50 Å². The Morgan fingerprint density at radius 1 is 1.55 bits per heavy atom. The first-order valence-corrected chi connectivity index (χ1v) is 3.53. The van der Waals surface area contributed by atoms with Crippen LogP contribution in [0.1, 0.15) is 18.1 Å². The molecule has 1 radical (unpaired) electrons. The first-order valence-electron chi connectivity index (χ1n) is 3.53. The highest BCUT2D eigenvalue weighted by molar-refractivity contribution is 5.27. The quantitative estimate of drug-likeness (QED) is 0.691. The highest BCUT2D eigenvalue weighted by Crippen LogP contribution is 2.11. The summed E-state index contributed by atoms with van der Waals surface area (Å²) in [6.07, 6.45) is 0.678. The van der Waals surface area contributed by atoms with Crippen molar-refractivity contribution in [1.29, 1.82) is 0 Å². The van der Waals surface area contributed by atoms with Gasteiger partial charge < -0.3 is 5.11 Å². The van der Waals surface area contributed by atoms with Crippen LogP contribution in [0.25, 0.3) is 0 Å². The van der Waals surface area contributed by atoms with Gasteiger partial charge in [0.25, 0.3) is 0 Å². The first-order chi connectivity index (χ1) is 5.27. The van der Waals surface area contributed by atoms with Crippen LogP contribution in [-0.4, -0.2) is 5.11 Å². The summed E-state index contributed by atoms with van der Waals surface area (Å²) in [5.41, 5.74) is 1.18. The highest BCUT2D eigenvalue weighted by atomic mass is 19.1. The van der Waals surface area contributed by atoms with E-state index < -0.39 is 0 Å². The maximum absolute atomic E-state index is 12.9. The molecule has 0 bridgehead atoms. The predicted molar refractivity (Wildman–Crippen MR) is 41.1 cm³/mol. The normalized spacial score (nSPS) is 10.1. The van der Waals surface area contributed by atoms with Crippen LogP contribution in [0.5, 0.6) is 0 Å². The standard InChI is InChI=1S/C9H10FO/c1-2-8-4-3-7(6-11)5-9(8)10/h3-6,11H,2H2,1H3. The van der Waals surface area contributed by atoms with E-state index in [1.54, 1.807) is 12.1 Å². The Balaban J connectivity index is 2.99. The molecule has 0 amide bonds. The van der Waals surface area contributed by atoms with Gasteiger partial charge in [0.05, 0.1) is 0 Å². The third-order valence-corrected chi connectivity index (χ3v) is 1.61. The number of aryl methyl sites for hydroxylation is 1. The molecule has 1 nitrogen and oxygen atoms in total. The minimum absolute atomic E-state index is 0.254. The van der Waals surface area contributed by atoms with E-state index in [0.717, 1.165) is 6.61 Å². The second-order valence-electron chi connectivity index (χ2n) is 2.33. The summed E-state index contributed by atoms with van der Waals surface area (Å²) in [7, 11) is 0. The van der Waals surface area contributed by atoms with Gasteiger partial charge in [0.15, 0.2) is 0 Å². The van der Waals surface area contributed by atoms with Crippen molar-refractivity contribution in [2.45, 2.75) is 13.3 Å². The number of aliphatic hydroxyl groups is 1. The maximum Gasteiger partial charge on any atom is 0.126 e. The second-order valence-corrected chi connectivity index (χ2v) is 2.33. The van der Waals surface area contributed by atoms with Crippen LogP contribution in [0, 0.1) is 12.4 Å². The lowest BCUT2D eigenvalue weighted by atomic mass is 10.1. The van der Waals surface area contributed by atoms with Gasteiger partial charge in [0.2, 0.25) is 0 Å². The lowest BCUT2D eigenvalue weighted by Crippen LogP contribution is -1.89. The zero-order valence-electron chi connectivity index (χ0n) is 6.34. The molecule has 0 fully saturated rings. The van der Waals surface area contributed by atoms with E-state index in [2.05, 4.69) is 0 Å². The molecule has 0 heterocycles. The van der Waals surface area contributed by atoms with Crippen molar-refractivity contribution in [2.24, 2.45) is 0 Å². The number of hydrogen-bond donors (Lipinski definition) is 1. The van der Waals surface area contributed by atoms with Crippen molar-refractivity contribution >= 4 is 0 Å². The van der Waals surface area contributed by atoms with Crippen LogP contribution in [0.2, 0.25) is 0 Å². The minimum Gasteiger partial charge on any atom is -0.385 e. The van der Waals surface area contributed by atoms with Crippen molar-refractivity contribution in [2.75, 3.05) is 0 Å². The van der Waals surface area contributed by atoms with E-state index in [-0.39, 0.29) is 5.82 Å². The number of rotatable bonds is 2. The van der Waals surface area contributed by atoms with Gasteiger partial charge in [-0.05, 0) is 23.6 Å². The summed E-state index contributed by atoms with van der Waals surface area (Å²) in [5, 5.41) is 8.53. The Morgan fingerprint density at radius 2 is 2.27 bits per heavy atom. The van der Waals surface area contributed by atoms with Crippen molar-refractivity contribution in [1.82, 2.24) is 0 Å². The molecular weight excluding hydrogens is 143 g/mol. The fourth-order valence-corrected chi connectivity index (χ4v) is 0.931. The molecule has 2 heteroatoms. The predicted octanol–water partition coefficient (Wildman–Crippen LogP) is 2.27. The number of benzene rings is 1. The van der Waals surface area contributed by atoms with E-state index in [1.807, 2.05) is 6.92 Å². The van der Waals surface area contributed by atoms with Gasteiger partial charge in [0, 0.05) is 0 Å². The smallest absolute Gasteiger partial charge is 0.126 e. The Bertz CT molecular complexity index is 245. The Hall–Kier alpha value is -0.890. The third kappa shape index (κ3) is 1.77. The van der Waals surface area contributed by atoms with Gasteiger partial charge in [-0.25, -0.2) is 4.39 Å². The van der Waals surface area contributed by atoms with Crippen LogP contribution in [0.15, 0.2) is 18.2 Å². The zero-order valence-corrected chi connectivity index (χ0v) is 6.34. The van der Waals surface area contributed by atoms with Crippen molar-refractivity contribution in [3.05, 3.63) is 41.8 Å². The van der Waals surface area contributed by atoms with Gasteiger partial charge >= 0.3 is 0 Å². The van der Waals surface area contributed by atoms with Crippen molar-refractivity contribution in [3.63, 3.8) is 0 Å². The monoisotopic (exact) mass is 153 g/mol. The number of halogens is 1. The third-order valence-electron chi connectivity index (χ3n) is 1.61. The van der Waals surface area contributed by atoms with Crippen LogP contribution in [-0.2, 0) is 6.42 Å². The van der Waals surface area contributed by atoms with Crippen LogP contribution < -0.4 is 0 Å². The fraction of sp³-hybridized carbons (Fsp3) is 0.222. The largest absolute Gasteiger partial charge is 0.385 e. The molecule has 0 aliphatic carbocycles. The Morgan fingerprint density at radius 3 is 2.73 bits per heavy atom. The number of hydrogen-bond acceptors (Lipinski definition) is 1. The zero-order chi connectivity index (χ0) is 8.27. The van der Waals surface area contributed by atoms with Gasteiger partial charge in [0.1, 0.15) is 12.4 Å². The molecular formula is C9H10FO. The lowest BCUT2D eigenvalue weighted by molar-refractivity contribution is 0.414. The van der Waals surface area contributed by atoms with Crippen LogP contribution in [0.4, 0.5) is 4.39 Å². The average molecular weight is 153 g/mol. The summed E-state index contributed by atoms with van der Waals surface area (Å²) in [4.78, 5) is 0. The molecule has 1 rings (SSSR count). The summed E-state index contributed by atoms with van der Waals surface area (Å²) >= 11 is 0. The van der Waals surface area contributed by atoms with Gasteiger partial charge in [-0.3, -0.25) is 0 Å². The van der Waals surface area contributed by atoms with Gasteiger partial charge in [-0.2, -0.15) is 0 Å². The number of aliphatic hydroxyl groups excluding tert-OH is 1. The van der Waals surface area contributed by atoms with E-state index in [9.17, 15) is 4.39 Å². The molecule has 0 unspecified atom stereocenters. The van der Waals surface area contributed by atoms with Crippen molar-refractivity contribution in [3.8, 4) is 0 Å². The SMILES string of the molecule is CCc1ccc([CH]O)cc1F. The Labute approximate surface area is 65.5 Å². The average Bonchev–Trinajstić information content (AvgIpc) is 2.04. The van der Waals surface area contributed by atoms with Crippen LogP contribution in [0.3, 0.4) is 0 Å². The van der Waals surface area contributed by atoms with Gasteiger partial charge in [-0.1, -0.05) is 19.1 Å². The Kier molecular flexibility index (Phi) is 2.60. The molecule has 0 aliphatic rings. The highest BCUT2D eigenvalue weighted by Gasteiger charge is 1.99. The summed E-state index contributed by atoms with van der Waals surface area (Å²) < 4.78 is 12.9. The summed E-state index contributed by atoms with van der Waals surface area (Å²) in [6, 6.07) is 4.68. The molecule has 0 saturated heterocycles. The van der Waals surface area contributed by atoms with E-state index >= 15 is 0 Å². The molecule has 0 spiro atoms. The molecule has 0 aliphatic heterocycles. The molecule has 1 N–H and O–H groups in total. The fourth-order valence-electron chi connectivity index (χ4n) is 0.931. The molecule has 0 atom stereocenters. The summed E-state index contributed by atoms with van der Waals surface area (Å²) in [5.74, 6) is -0.254. The molecule has 11 heavy (non-hydrogen) atoms. The lowest BCUT2D eigenvalue weighted by Gasteiger charge is -2.00. The molecule has 0 aromatic heterocycles.